The SMILES string of the molecule is CC[S@@](=O)C1=C(OCc2ccccc2)[C@@H](OCc2ccccc2)[C@@H]2O[C@@H](c3ccccc3)OC[C@@H]2O1. The molecule has 5 atom stereocenters. The van der Waals surface area contributed by atoms with Crippen molar-refractivity contribution in [3.05, 3.63) is 119 Å². The molecular formula is C29H30O6S. The highest BCUT2D eigenvalue weighted by molar-refractivity contribution is 7.88. The van der Waals surface area contributed by atoms with E-state index >= 15 is 0 Å². The van der Waals surface area contributed by atoms with Crippen molar-refractivity contribution in [2.45, 2.75) is 44.7 Å². The number of fused-ring (bicyclic) bond motifs is 1. The van der Waals surface area contributed by atoms with Crippen molar-refractivity contribution in [1.29, 1.82) is 0 Å². The third kappa shape index (κ3) is 5.71. The van der Waals surface area contributed by atoms with Crippen LogP contribution in [0, 0.1) is 0 Å². The van der Waals surface area contributed by atoms with E-state index < -0.39 is 35.4 Å². The van der Waals surface area contributed by atoms with Gasteiger partial charge in [-0.3, -0.25) is 4.21 Å². The zero-order chi connectivity index (χ0) is 24.7. The zero-order valence-electron chi connectivity index (χ0n) is 20.2. The summed E-state index contributed by atoms with van der Waals surface area (Å²) in [5.74, 6) is 0.815. The van der Waals surface area contributed by atoms with E-state index in [0.717, 1.165) is 16.7 Å². The number of rotatable bonds is 9. The first-order valence-electron chi connectivity index (χ1n) is 12.2. The van der Waals surface area contributed by atoms with Crippen LogP contribution in [-0.4, -0.2) is 34.9 Å². The Labute approximate surface area is 214 Å². The summed E-state index contributed by atoms with van der Waals surface area (Å²) in [5, 5.41) is 0.304. The van der Waals surface area contributed by atoms with Crippen LogP contribution in [0.3, 0.4) is 0 Å². The van der Waals surface area contributed by atoms with E-state index in [1.807, 2.05) is 97.9 Å². The van der Waals surface area contributed by atoms with Crippen molar-refractivity contribution in [2.24, 2.45) is 0 Å². The van der Waals surface area contributed by atoms with Crippen LogP contribution in [0.4, 0.5) is 0 Å². The van der Waals surface area contributed by atoms with Crippen molar-refractivity contribution in [1.82, 2.24) is 0 Å². The minimum atomic E-state index is -1.39. The maximum atomic E-state index is 13.1. The Balaban J connectivity index is 1.47. The van der Waals surface area contributed by atoms with E-state index in [4.69, 9.17) is 23.7 Å². The van der Waals surface area contributed by atoms with Gasteiger partial charge in [-0.15, -0.1) is 0 Å². The number of hydrogen-bond donors (Lipinski definition) is 0. The molecule has 36 heavy (non-hydrogen) atoms. The van der Waals surface area contributed by atoms with E-state index in [2.05, 4.69) is 0 Å². The predicted octanol–water partition coefficient (Wildman–Crippen LogP) is 5.24. The van der Waals surface area contributed by atoms with Crippen LogP contribution in [-0.2, 0) is 47.7 Å². The molecule has 0 saturated carbocycles. The maximum Gasteiger partial charge on any atom is 0.225 e. The minimum absolute atomic E-state index is 0.284. The predicted molar refractivity (Wildman–Crippen MR) is 137 cm³/mol. The highest BCUT2D eigenvalue weighted by atomic mass is 32.2. The molecule has 6 nitrogen and oxygen atoms in total. The van der Waals surface area contributed by atoms with Gasteiger partial charge in [0, 0.05) is 11.3 Å². The van der Waals surface area contributed by atoms with Crippen LogP contribution in [0.1, 0.15) is 29.9 Å². The van der Waals surface area contributed by atoms with Crippen LogP contribution in [0.2, 0.25) is 0 Å². The molecule has 7 heteroatoms. The lowest BCUT2D eigenvalue weighted by Gasteiger charge is -2.44. The van der Waals surface area contributed by atoms with Crippen molar-refractivity contribution < 1.29 is 27.9 Å². The second-order valence-electron chi connectivity index (χ2n) is 8.61. The average Bonchev–Trinajstić information content (AvgIpc) is 2.95. The molecule has 0 spiro atoms. The molecule has 2 aliphatic rings. The Hall–Kier alpha value is -2.97. The van der Waals surface area contributed by atoms with E-state index in [-0.39, 0.29) is 6.61 Å². The Kier molecular flexibility index (Phi) is 8.13. The Morgan fingerprint density at radius 2 is 1.47 bits per heavy atom. The highest BCUT2D eigenvalue weighted by Crippen LogP contribution is 2.39. The molecular weight excluding hydrogens is 476 g/mol. The average molecular weight is 507 g/mol. The molecule has 2 aliphatic heterocycles. The summed E-state index contributed by atoms with van der Waals surface area (Å²) in [7, 11) is -1.39. The van der Waals surface area contributed by atoms with Gasteiger partial charge < -0.3 is 23.7 Å². The van der Waals surface area contributed by atoms with Crippen molar-refractivity contribution in [3.8, 4) is 0 Å². The van der Waals surface area contributed by atoms with Gasteiger partial charge in [-0.25, -0.2) is 0 Å². The van der Waals surface area contributed by atoms with Gasteiger partial charge in [-0.2, -0.15) is 0 Å². The summed E-state index contributed by atoms with van der Waals surface area (Å²) in [6, 6.07) is 29.6. The third-order valence-corrected chi connectivity index (χ3v) is 7.36. The van der Waals surface area contributed by atoms with Crippen LogP contribution >= 0.6 is 0 Å². The van der Waals surface area contributed by atoms with E-state index in [0.29, 0.717) is 29.8 Å². The fourth-order valence-electron chi connectivity index (χ4n) is 4.26. The van der Waals surface area contributed by atoms with Gasteiger partial charge >= 0.3 is 0 Å². The second-order valence-corrected chi connectivity index (χ2v) is 10.2. The molecule has 5 rings (SSSR count). The van der Waals surface area contributed by atoms with Gasteiger partial charge in [0.15, 0.2) is 18.2 Å². The van der Waals surface area contributed by atoms with Crippen LogP contribution in [0.5, 0.6) is 0 Å². The lowest BCUT2D eigenvalue weighted by molar-refractivity contribution is -0.289. The number of ether oxygens (including phenoxy) is 5. The fourth-order valence-corrected chi connectivity index (χ4v) is 5.16. The van der Waals surface area contributed by atoms with Crippen molar-refractivity contribution in [3.63, 3.8) is 0 Å². The molecule has 0 unspecified atom stereocenters. The summed E-state index contributed by atoms with van der Waals surface area (Å²) in [6.45, 7) is 2.78. The van der Waals surface area contributed by atoms with Crippen LogP contribution in [0.15, 0.2) is 102 Å². The first kappa shape index (κ1) is 24.7. The normalized spacial score (nSPS) is 24.5. The molecule has 3 aromatic carbocycles. The Bertz CT molecular complexity index is 1170. The quantitative estimate of drug-likeness (QED) is 0.396. The van der Waals surface area contributed by atoms with Crippen LogP contribution < -0.4 is 0 Å². The standard InChI is InChI=1S/C29H30O6S/c1-2-36(30)29-27(32-19-22-14-8-4-9-15-22)26(31-18-21-12-6-3-7-13-21)25-24(34-29)20-33-28(35-25)23-16-10-5-11-17-23/h3-17,24-26,28H,2,18-20H2,1H3/t24-,25+,26-,28-,36+/m0/s1. The first-order valence-corrected chi connectivity index (χ1v) is 13.5. The minimum Gasteiger partial charge on any atom is -0.486 e. The molecule has 0 amide bonds. The molecule has 0 aromatic heterocycles. The van der Waals surface area contributed by atoms with Crippen LogP contribution in [0.25, 0.3) is 0 Å². The zero-order valence-corrected chi connectivity index (χ0v) is 21.0. The monoisotopic (exact) mass is 506 g/mol. The topological polar surface area (TPSA) is 63.2 Å². The molecule has 1 saturated heterocycles. The molecule has 3 aromatic rings. The first-order chi connectivity index (χ1) is 17.7. The summed E-state index contributed by atoms with van der Waals surface area (Å²) >= 11 is 0. The molecule has 0 bridgehead atoms. The summed E-state index contributed by atoms with van der Waals surface area (Å²) in [4.78, 5) is 0. The Morgan fingerprint density at radius 3 is 2.11 bits per heavy atom. The van der Waals surface area contributed by atoms with E-state index in [9.17, 15) is 4.21 Å². The third-order valence-electron chi connectivity index (χ3n) is 6.13. The van der Waals surface area contributed by atoms with Gasteiger partial charge in [-0.1, -0.05) is 97.9 Å². The second kappa shape index (κ2) is 11.8. The fraction of sp³-hybridized carbons (Fsp3) is 0.310. The molecule has 0 N–H and O–H groups in total. The van der Waals surface area contributed by atoms with Gasteiger partial charge in [0.2, 0.25) is 5.09 Å². The van der Waals surface area contributed by atoms with Gasteiger partial charge in [0.05, 0.1) is 24.0 Å². The molecule has 188 valence electrons. The molecule has 1 fully saturated rings. The number of benzene rings is 3. The van der Waals surface area contributed by atoms with E-state index in [1.165, 1.54) is 0 Å². The van der Waals surface area contributed by atoms with Crippen molar-refractivity contribution >= 4 is 10.8 Å². The smallest absolute Gasteiger partial charge is 0.225 e. The molecule has 0 radical (unpaired) electrons. The molecule has 2 heterocycles. The Morgan fingerprint density at radius 1 is 0.861 bits per heavy atom. The van der Waals surface area contributed by atoms with Gasteiger partial charge in [0.1, 0.15) is 18.8 Å². The summed E-state index contributed by atoms with van der Waals surface area (Å²) in [5.41, 5.74) is 2.93. The summed E-state index contributed by atoms with van der Waals surface area (Å²) in [6.07, 6.45) is -2.16. The van der Waals surface area contributed by atoms with E-state index in [1.54, 1.807) is 0 Å². The van der Waals surface area contributed by atoms with Gasteiger partial charge in [-0.05, 0) is 11.1 Å². The largest absolute Gasteiger partial charge is 0.486 e. The lowest BCUT2D eigenvalue weighted by Crippen LogP contribution is -2.53. The maximum absolute atomic E-state index is 13.1. The summed E-state index contributed by atoms with van der Waals surface area (Å²) < 4.78 is 44.5. The lowest BCUT2D eigenvalue weighted by atomic mass is 10.0. The highest BCUT2D eigenvalue weighted by Gasteiger charge is 2.48. The van der Waals surface area contributed by atoms with Crippen molar-refractivity contribution in [2.75, 3.05) is 12.4 Å². The number of hydrogen-bond acceptors (Lipinski definition) is 6. The van der Waals surface area contributed by atoms with Gasteiger partial charge in [0.25, 0.3) is 0 Å². The molecule has 0 aliphatic carbocycles.